The molecule has 1 amide bonds. The molecule has 0 aliphatic rings. The molecule has 0 fully saturated rings. The van der Waals surface area contributed by atoms with Crippen LogP contribution in [0.15, 0.2) is 18.2 Å². The van der Waals surface area contributed by atoms with Crippen LogP contribution in [-0.4, -0.2) is 23.3 Å². The lowest BCUT2D eigenvalue weighted by atomic mass is 10.4. The van der Waals surface area contributed by atoms with Gasteiger partial charge in [-0.25, -0.2) is 9.78 Å². The molecule has 0 saturated carbocycles. The van der Waals surface area contributed by atoms with Crippen LogP contribution in [0.2, 0.25) is 0 Å². The van der Waals surface area contributed by atoms with Gasteiger partial charge in [0.1, 0.15) is 5.82 Å². The van der Waals surface area contributed by atoms with Gasteiger partial charge in [0.2, 0.25) is 0 Å². The molecule has 1 aromatic rings. The number of hydrogen-bond donors (Lipinski definition) is 2. The summed E-state index contributed by atoms with van der Waals surface area (Å²) in [5, 5.41) is 5.23. The summed E-state index contributed by atoms with van der Waals surface area (Å²) in [6.45, 7) is 1.86. The topological polar surface area (TPSA) is 63.2 Å². The van der Waals surface area contributed by atoms with E-state index in [9.17, 15) is 4.79 Å². The highest BCUT2D eigenvalue weighted by Gasteiger charge is 2.03. The fraction of sp³-hybridized carbons (Fsp3) is 0.222. The first kappa shape index (κ1) is 11.4. The minimum Gasteiger partial charge on any atom is -0.453 e. The second-order valence-electron chi connectivity index (χ2n) is 2.73. The van der Waals surface area contributed by atoms with Gasteiger partial charge in [0, 0.05) is 5.69 Å². The van der Waals surface area contributed by atoms with Crippen molar-refractivity contribution >= 4 is 29.2 Å². The van der Waals surface area contributed by atoms with Crippen LogP contribution in [0, 0.1) is 6.92 Å². The number of hydrogen-bond acceptors (Lipinski definition) is 4. The molecule has 0 aliphatic carbocycles. The highest BCUT2D eigenvalue weighted by atomic mass is 32.1. The summed E-state index contributed by atoms with van der Waals surface area (Å²) in [7, 11) is 1.27. The average Bonchev–Trinajstić information content (AvgIpc) is 2.17. The number of alkyl carbamates (subject to hydrolysis) is 1. The fourth-order valence-electron chi connectivity index (χ4n) is 0.904. The number of aromatic nitrogens is 1. The summed E-state index contributed by atoms with van der Waals surface area (Å²) in [5.74, 6) is 0.580. The lowest BCUT2D eigenvalue weighted by molar-refractivity contribution is 0.177. The van der Waals surface area contributed by atoms with E-state index in [0.717, 1.165) is 5.69 Å². The van der Waals surface area contributed by atoms with Gasteiger partial charge in [0.05, 0.1) is 7.11 Å². The van der Waals surface area contributed by atoms with Crippen molar-refractivity contribution in [1.82, 2.24) is 10.3 Å². The average molecular weight is 225 g/mol. The van der Waals surface area contributed by atoms with Gasteiger partial charge in [-0.1, -0.05) is 6.07 Å². The second-order valence-corrected chi connectivity index (χ2v) is 3.14. The molecule has 0 radical (unpaired) electrons. The molecule has 5 nitrogen and oxygen atoms in total. The van der Waals surface area contributed by atoms with E-state index >= 15 is 0 Å². The standard InChI is InChI=1S/C9H11N3O2S/c1-6-4-3-5-7(10-6)11-8(15)12-9(13)14-2/h3-5H,1-2H3,(H2,10,11,12,13,15). The van der Waals surface area contributed by atoms with Crippen molar-refractivity contribution in [2.75, 3.05) is 12.4 Å². The van der Waals surface area contributed by atoms with Crippen molar-refractivity contribution in [2.45, 2.75) is 6.92 Å². The molecule has 0 saturated heterocycles. The van der Waals surface area contributed by atoms with E-state index in [-0.39, 0.29) is 5.11 Å². The van der Waals surface area contributed by atoms with Crippen LogP contribution in [0.3, 0.4) is 0 Å². The van der Waals surface area contributed by atoms with Gasteiger partial charge in [0.15, 0.2) is 5.11 Å². The quantitative estimate of drug-likeness (QED) is 0.708. The number of amides is 1. The highest BCUT2D eigenvalue weighted by molar-refractivity contribution is 7.80. The van der Waals surface area contributed by atoms with Crippen LogP contribution in [0.5, 0.6) is 0 Å². The van der Waals surface area contributed by atoms with Gasteiger partial charge >= 0.3 is 6.09 Å². The number of nitrogens with one attached hydrogen (secondary N) is 2. The molecule has 0 atom stereocenters. The fourth-order valence-corrected chi connectivity index (χ4v) is 1.09. The Hall–Kier alpha value is -1.69. The molecule has 6 heteroatoms. The molecular weight excluding hydrogens is 214 g/mol. The first-order chi connectivity index (χ1) is 7.11. The molecule has 0 aromatic carbocycles. The monoisotopic (exact) mass is 225 g/mol. The smallest absolute Gasteiger partial charge is 0.413 e. The number of nitrogens with zero attached hydrogens (tertiary/aromatic N) is 1. The summed E-state index contributed by atoms with van der Waals surface area (Å²) < 4.78 is 4.38. The Morgan fingerprint density at radius 2 is 2.27 bits per heavy atom. The van der Waals surface area contributed by atoms with Crippen molar-refractivity contribution < 1.29 is 9.53 Å². The van der Waals surface area contributed by atoms with Gasteiger partial charge in [0.25, 0.3) is 0 Å². The Bertz CT molecular complexity index is 381. The van der Waals surface area contributed by atoms with Crippen LogP contribution >= 0.6 is 12.2 Å². The number of carbonyl (C=O) groups excluding carboxylic acids is 1. The third-order valence-electron chi connectivity index (χ3n) is 1.53. The molecule has 1 aromatic heterocycles. The number of carbonyl (C=O) groups is 1. The maximum absolute atomic E-state index is 10.8. The van der Waals surface area contributed by atoms with E-state index in [2.05, 4.69) is 20.4 Å². The van der Waals surface area contributed by atoms with Crippen molar-refractivity contribution in [3.05, 3.63) is 23.9 Å². The van der Waals surface area contributed by atoms with Crippen molar-refractivity contribution in [2.24, 2.45) is 0 Å². The van der Waals surface area contributed by atoms with Crippen molar-refractivity contribution in [1.29, 1.82) is 0 Å². The lowest BCUT2D eigenvalue weighted by Crippen LogP contribution is -2.34. The molecule has 0 unspecified atom stereocenters. The van der Waals surface area contributed by atoms with Gasteiger partial charge < -0.3 is 10.1 Å². The van der Waals surface area contributed by atoms with Gasteiger partial charge in [-0.2, -0.15) is 0 Å². The van der Waals surface area contributed by atoms with Gasteiger partial charge in [-0.3, -0.25) is 5.32 Å². The van der Waals surface area contributed by atoms with Crippen LogP contribution < -0.4 is 10.6 Å². The molecule has 0 bridgehead atoms. The molecule has 1 rings (SSSR count). The predicted octanol–water partition coefficient (Wildman–Crippen LogP) is 1.44. The SMILES string of the molecule is COC(=O)NC(=S)Nc1cccc(C)n1. The zero-order valence-electron chi connectivity index (χ0n) is 8.40. The molecule has 0 aliphatic heterocycles. The van der Waals surface area contributed by atoms with Crippen molar-refractivity contribution in [3.63, 3.8) is 0 Å². The number of anilines is 1. The van der Waals surface area contributed by atoms with Crippen LogP contribution in [0.4, 0.5) is 10.6 Å². The molecule has 80 valence electrons. The van der Waals surface area contributed by atoms with Crippen LogP contribution in [0.1, 0.15) is 5.69 Å². The third-order valence-corrected chi connectivity index (χ3v) is 1.74. The number of thiocarbonyl (C=S) groups is 1. The summed E-state index contributed by atoms with van der Waals surface area (Å²) >= 11 is 4.86. The Balaban J connectivity index is 2.55. The number of pyridine rings is 1. The zero-order valence-corrected chi connectivity index (χ0v) is 9.22. The van der Waals surface area contributed by atoms with Crippen LogP contribution in [0.25, 0.3) is 0 Å². The van der Waals surface area contributed by atoms with E-state index < -0.39 is 6.09 Å². The summed E-state index contributed by atoms with van der Waals surface area (Å²) in [6, 6.07) is 5.45. The van der Waals surface area contributed by atoms with Gasteiger partial charge in [-0.15, -0.1) is 0 Å². The second kappa shape index (κ2) is 5.26. The lowest BCUT2D eigenvalue weighted by Gasteiger charge is -2.07. The summed E-state index contributed by atoms with van der Waals surface area (Å²) in [5.41, 5.74) is 0.862. The Morgan fingerprint density at radius 1 is 1.53 bits per heavy atom. The Labute approximate surface area is 92.8 Å². The Kier molecular flexibility index (Phi) is 3.99. The minimum atomic E-state index is -0.611. The van der Waals surface area contributed by atoms with E-state index in [4.69, 9.17) is 12.2 Å². The highest BCUT2D eigenvalue weighted by Crippen LogP contribution is 2.03. The van der Waals surface area contributed by atoms with E-state index in [1.807, 2.05) is 19.1 Å². The number of rotatable bonds is 1. The van der Waals surface area contributed by atoms with E-state index in [0.29, 0.717) is 5.82 Å². The maximum atomic E-state index is 10.8. The first-order valence-corrected chi connectivity index (χ1v) is 4.62. The van der Waals surface area contributed by atoms with E-state index in [1.165, 1.54) is 7.11 Å². The van der Waals surface area contributed by atoms with Crippen LogP contribution in [-0.2, 0) is 4.74 Å². The van der Waals surface area contributed by atoms with Gasteiger partial charge in [-0.05, 0) is 31.3 Å². The predicted molar refractivity (Wildman–Crippen MR) is 60.7 cm³/mol. The first-order valence-electron chi connectivity index (χ1n) is 4.21. The zero-order chi connectivity index (χ0) is 11.3. The largest absolute Gasteiger partial charge is 0.453 e. The number of ether oxygens (including phenoxy) is 1. The minimum absolute atomic E-state index is 0.153. The molecule has 0 spiro atoms. The molecule has 2 N–H and O–H groups in total. The molecular formula is C9H11N3O2S. The summed E-state index contributed by atoms with van der Waals surface area (Å²) in [6.07, 6.45) is -0.611. The molecule has 1 heterocycles. The Morgan fingerprint density at radius 3 is 2.87 bits per heavy atom. The van der Waals surface area contributed by atoms with Crippen molar-refractivity contribution in [3.8, 4) is 0 Å². The third kappa shape index (κ3) is 3.90. The van der Waals surface area contributed by atoms with E-state index in [1.54, 1.807) is 6.07 Å². The summed E-state index contributed by atoms with van der Waals surface area (Å²) in [4.78, 5) is 15.0. The number of aryl methyl sites for hydroxylation is 1. The maximum Gasteiger partial charge on any atom is 0.413 e. The number of methoxy groups -OCH3 is 1. The molecule has 15 heavy (non-hydrogen) atoms. The normalized spacial score (nSPS) is 9.20.